The molecule has 0 aliphatic carbocycles. The zero-order valence-electron chi connectivity index (χ0n) is 15.6. The van der Waals surface area contributed by atoms with Gasteiger partial charge in [-0.05, 0) is 42.5 Å². The van der Waals surface area contributed by atoms with Crippen molar-refractivity contribution in [1.29, 1.82) is 0 Å². The van der Waals surface area contributed by atoms with Crippen LogP contribution < -0.4 is 4.74 Å². The zero-order valence-corrected chi connectivity index (χ0v) is 17.1. The number of carbonyl (C=O) groups is 1. The second kappa shape index (κ2) is 7.85. The molecule has 0 unspecified atom stereocenters. The molecule has 0 bridgehead atoms. The van der Waals surface area contributed by atoms with Gasteiger partial charge >= 0.3 is 0 Å². The molecule has 0 saturated heterocycles. The molecule has 0 radical (unpaired) electrons. The summed E-state index contributed by atoms with van der Waals surface area (Å²) >= 11 is 7.37. The minimum atomic E-state index is 0.0191. The summed E-state index contributed by atoms with van der Waals surface area (Å²) in [5.74, 6) is 1.62. The Morgan fingerprint density at radius 1 is 1.10 bits per heavy atom. The molecule has 3 heterocycles. The molecule has 0 aliphatic rings. The number of aromatic nitrogens is 4. The molecule has 0 spiro atoms. The van der Waals surface area contributed by atoms with E-state index in [1.165, 1.54) is 11.8 Å². The molecular formula is C22H15ClN4O2S. The number of rotatable bonds is 6. The number of thioether (sulfide) groups is 1. The zero-order chi connectivity index (χ0) is 20.5. The van der Waals surface area contributed by atoms with Gasteiger partial charge in [0.15, 0.2) is 10.9 Å². The highest BCUT2D eigenvalue weighted by molar-refractivity contribution is 7.99. The van der Waals surface area contributed by atoms with Gasteiger partial charge in [-0.15, -0.1) is 0 Å². The third-order valence-electron chi connectivity index (χ3n) is 4.59. The van der Waals surface area contributed by atoms with Crippen LogP contribution in [0.25, 0.3) is 21.9 Å². The molecule has 0 saturated carbocycles. The third kappa shape index (κ3) is 3.77. The Morgan fingerprint density at radius 2 is 2.03 bits per heavy atom. The predicted molar refractivity (Wildman–Crippen MR) is 119 cm³/mol. The molecule has 30 heavy (non-hydrogen) atoms. The van der Waals surface area contributed by atoms with Gasteiger partial charge in [0, 0.05) is 39.9 Å². The highest BCUT2D eigenvalue weighted by Crippen LogP contribution is 2.28. The van der Waals surface area contributed by atoms with E-state index in [9.17, 15) is 4.79 Å². The van der Waals surface area contributed by atoms with E-state index in [1.807, 2.05) is 36.4 Å². The SMILES string of the molecule is O=C(CSc1nc2cc(Cl)ccc2[nH]1)c1c[nH]c2cc(Oc3cccnc3)ccc12. The number of hydrogen-bond acceptors (Lipinski definition) is 5. The van der Waals surface area contributed by atoms with Crippen molar-refractivity contribution in [3.05, 3.63) is 77.7 Å². The summed E-state index contributed by atoms with van der Waals surface area (Å²) < 4.78 is 5.81. The molecule has 0 aliphatic heterocycles. The molecule has 2 N–H and O–H groups in total. The Balaban J connectivity index is 1.31. The first-order chi connectivity index (χ1) is 14.7. The van der Waals surface area contributed by atoms with E-state index >= 15 is 0 Å². The first-order valence-corrected chi connectivity index (χ1v) is 10.5. The minimum absolute atomic E-state index is 0.0191. The predicted octanol–water partition coefficient (Wildman–Crippen LogP) is 5.86. The van der Waals surface area contributed by atoms with Crippen molar-refractivity contribution in [2.75, 3.05) is 5.75 Å². The van der Waals surface area contributed by atoms with Crippen LogP contribution in [-0.2, 0) is 0 Å². The first-order valence-electron chi connectivity index (χ1n) is 9.16. The van der Waals surface area contributed by atoms with Gasteiger partial charge in [0.25, 0.3) is 0 Å². The fourth-order valence-corrected chi connectivity index (χ4v) is 4.11. The summed E-state index contributed by atoms with van der Waals surface area (Å²) in [5, 5.41) is 2.18. The topological polar surface area (TPSA) is 83.7 Å². The van der Waals surface area contributed by atoms with Crippen LogP contribution in [0.5, 0.6) is 11.5 Å². The molecule has 5 rings (SSSR count). The van der Waals surface area contributed by atoms with Crippen LogP contribution in [0.1, 0.15) is 10.4 Å². The molecule has 148 valence electrons. The molecule has 3 aromatic heterocycles. The fourth-order valence-electron chi connectivity index (χ4n) is 3.18. The summed E-state index contributed by atoms with van der Waals surface area (Å²) in [5.41, 5.74) is 3.15. The summed E-state index contributed by atoms with van der Waals surface area (Å²) in [4.78, 5) is 27.7. The number of aromatic amines is 2. The van der Waals surface area contributed by atoms with Gasteiger partial charge in [0.1, 0.15) is 11.5 Å². The standard InChI is InChI=1S/C22H15ClN4O2S/c23-13-3-6-18-20(8-13)27-22(26-18)30-12-21(28)17-11-25-19-9-14(4-5-16(17)19)29-15-2-1-7-24-10-15/h1-11,25H,12H2,(H,26,27). The second-order valence-corrected chi connectivity index (χ2v) is 8.02. The number of nitrogens with zero attached hydrogens (tertiary/aromatic N) is 2. The average Bonchev–Trinajstić information content (AvgIpc) is 3.36. The minimum Gasteiger partial charge on any atom is -0.456 e. The van der Waals surface area contributed by atoms with E-state index < -0.39 is 0 Å². The van der Waals surface area contributed by atoms with Gasteiger partial charge in [-0.2, -0.15) is 0 Å². The van der Waals surface area contributed by atoms with Gasteiger partial charge in [-0.1, -0.05) is 23.4 Å². The monoisotopic (exact) mass is 434 g/mol. The van der Waals surface area contributed by atoms with Gasteiger partial charge in [-0.3, -0.25) is 9.78 Å². The normalized spacial score (nSPS) is 11.2. The third-order valence-corrected chi connectivity index (χ3v) is 5.70. The van der Waals surface area contributed by atoms with Gasteiger partial charge in [0.2, 0.25) is 0 Å². The molecule has 6 nitrogen and oxygen atoms in total. The highest BCUT2D eigenvalue weighted by atomic mass is 35.5. The lowest BCUT2D eigenvalue weighted by Gasteiger charge is -2.05. The van der Waals surface area contributed by atoms with Crippen molar-refractivity contribution in [2.24, 2.45) is 0 Å². The summed E-state index contributed by atoms with van der Waals surface area (Å²) in [6.07, 6.45) is 5.08. The second-order valence-electron chi connectivity index (χ2n) is 6.62. The van der Waals surface area contributed by atoms with Crippen LogP contribution in [0.2, 0.25) is 5.02 Å². The molecule has 0 fully saturated rings. The quantitative estimate of drug-likeness (QED) is 0.258. The molecular weight excluding hydrogens is 420 g/mol. The van der Waals surface area contributed by atoms with Crippen molar-refractivity contribution >= 4 is 51.1 Å². The van der Waals surface area contributed by atoms with Crippen LogP contribution in [-0.4, -0.2) is 31.5 Å². The van der Waals surface area contributed by atoms with E-state index in [-0.39, 0.29) is 11.5 Å². The van der Waals surface area contributed by atoms with Crippen molar-refractivity contribution in [2.45, 2.75) is 5.16 Å². The van der Waals surface area contributed by atoms with Crippen LogP contribution >= 0.6 is 23.4 Å². The van der Waals surface area contributed by atoms with Gasteiger partial charge < -0.3 is 14.7 Å². The molecule has 5 aromatic rings. The van der Waals surface area contributed by atoms with Gasteiger partial charge in [-0.25, -0.2) is 4.98 Å². The van der Waals surface area contributed by atoms with E-state index in [2.05, 4.69) is 19.9 Å². The Morgan fingerprint density at radius 3 is 2.90 bits per heavy atom. The van der Waals surface area contributed by atoms with Crippen molar-refractivity contribution in [3.8, 4) is 11.5 Å². The summed E-state index contributed by atoms with van der Waals surface area (Å²) in [6, 6.07) is 14.7. The van der Waals surface area contributed by atoms with Crippen LogP contribution in [0.4, 0.5) is 0 Å². The number of carbonyl (C=O) groups excluding carboxylic acids is 1. The first kappa shape index (κ1) is 18.7. The van der Waals surface area contributed by atoms with E-state index in [1.54, 1.807) is 30.7 Å². The lowest BCUT2D eigenvalue weighted by molar-refractivity contribution is 0.102. The number of pyridine rings is 1. The maximum atomic E-state index is 12.8. The number of hydrogen-bond donors (Lipinski definition) is 2. The van der Waals surface area contributed by atoms with E-state index in [0.717, 1.165) is 21.9 Å². The Labute approximate surface area is 180 Å². The number of benzene rings is 2. The molecule has 2 aromatic carbocycles. The molecule has 0 atom stereocenters. The Kier molecular flexibility index (Phi) is 4.90. The number of nitrogens with one attached hydrogen (secondary N) is 2. The number of ether oxygens (including phenoxy) is 1. The lowest BCUT2D eigenvalue weighted by atomic mass is 10.1. The average molecular weight is 435 g/mol. The number of H-pyrrole nitrogens is 2. The Hall–Kier alpha value is -3.29. The van der Waals surface area contributed by atoms with Crippen LogP contribution in [0.15, 0.2) is 72.3 Å². The number of imidazole rings is 1. The number of halogens is 1. The summed E-state index contributed by atoms with van der Waals surface area (Å²) in [6.45, 7) is 0. The van der Waals surface area contributed by atoms with E-state index in [0.29, 0.717) is 27.2 Å². The van der Waals surface area contributed by atoms with Crippen LogP contribution in [0, 0.1) is 0 Å². The van der Waals surface area contributed by atoms with Crippen molar-refractivity contribution < 1.29 is 9.53 Å². The lowest BCUT2D eigenvalue weighted by Crippen LogP contribution is -2.01. The van der Waals surface area contributed by atoms with Crippen LogP contribution in [0.3, 0.4) is 0 Å². The largest absolute Gasteiger partial charge is 0.456 e. The summed E-state index contributed by atoms with van der Waals surface area (Å²) in [7, 11) is 0. The van der Waals surface area contributed by atoms with Crippen molar-refractivity contribution in [3.63, 3.8) is 0 Å². The molecule has 0 amide bonds. The molecule has 8 heteroatoms. The van der Waals surface area contributed by atoms with E-state index in [4.69, 9.17) is 16.3 Å². The van der Waals surface area contributed by atoms with Gasteiger partial charge in [0.05, 0.1) is 23.0 Å². The fraction of sp³-hybridized carbons (Fsp3) is 0.0455. The number of ketones is 1. The highest BCUT2D eigenvalue weighted by Gasteiger charge is 2.14. The Bertz CT molecular complexity index is 1360. The number of fused-ring (bicyclic) bond motifs is 2. The maximum absolute atomic E-state index is 12.8. The van der Waals surface area contributed by atoms with Crippen molar-refractivity contribution in [1.82, 2.24) is 19.9 Å². The number of Topliss-reactive ketones (excluding diaryl/α,β-unsaturated/α-hetero) is 1. The smallest absolute Gasteiger partial charge is 0.175 e. The maximum Gasteiger partial charge on any atom is 0.175 e.